The van der Waals surface area contributed by atoms with E-state index in [4.69, 9.17) is 51.1 Å². The molecule has 34 heavy (non-hydrogen) atoms. The van der Waals surface area contributed by atoms with E-state index in [1.807, 2.05) is 30.3 Å². The predicted molar refractivity (Wildman–Crippen MR) is 143 cm³/mol. The number of pyridine rings is 1. The van der Waals surface area contributed by atoms with Crippen LogP contribution >= 0.6 is 46.4 Å². The van der Waals surface area contributed by atoms with Gasteiger partial charge in [-0.1, -0.05) is 76.3 Å². The van der Waals surface area contributed by atoms with Gasteiger partial charge in [0.25, 0.3) is 0 Å². The fourth-order valence-electron chi connectivity index (χ4n) is 2.96. The van der Waals surface area contributed by atoms with E-state index in [0.29, 0.717) is 21.4 Å². The number of ether oxygens (including phenoxy) is 1. The molecular weight excluding hydrogens is 538 g/mol. The Morgan fingerprint density at radius 1 is 1.06 bits per heavy atom. The van der Waals surface area contributed by atoms with Gasteiger partial charge in [0.2, 0.25) is 10.0 Å². The van der Waals surface area contributed by atoms with Gasteiger partial charge in [-0.15, -0.1) is 0 Å². The molecule has 0 atom stereocenters. The highest BCUT2D eigenvalue weighted by molar-refractivity contribution is 7.92. The molecule has 2 aromatic carbocycles. The summed E-state index contributed by atoms with van der Waals surface area (Å²) in [5, 5.41) is 2.07. The Kier molecular flexibility index (Phi) is 8.90. The van der Waals surface area contributed by atoms with Crippen molar-refractivity contribution in [2.75, 3.05) is 10.5 Å². The molecule has 1 N–H and O–H groups in total. The van der Waals surface area contributed by atoms with E-state index in [0.717, 1.165) is 10.9 Å². The van der Waals surface area contributed by atoms with E-state index in [2.05, 4.69) is 9.71 Å². The van der Waals surface area contributed by atoms with Crippen LogP contribution in [0, 0.1) is 0 Å². The number of hydrogen-bond acceptors (Lipinski definition) is 4. The lowest BCUT2D eigenvalue weighted by atomic mass is 10.2. The van der Waals surface area contributed by atoms with E-state index in [1.54, 1.807) is 38.3 Å². The molecule has 3 rings (SSSR count). The average Bonchev–Trinajstić information content (AvgIpc) is 2.73. The van der Waals surface area contributed by atoms with Gasteiger partial charge in [0, 0.05) is 15.5 Å². The molecule has 10 heteroatoms. The first-order valence-corrected chi connectivity index (χ1v) is 13.1. The Morgan fingerprint density at radius 3 is 2.41 bits per heavy atom. The molecule has 1 aromatic heterocycles. The smallest absolute Gasteiger partial charge is 0.236 e. The highest BCUT2D eigenvalue weighted by atomic mass is 35.5. The first-order valence-electron chi connectivity index (χ1n) is 9.91. The van der Waals surface area contributed by atoms with Gasteiger partial charge in [-0.05, 0) is 50.3 Å². The minimum Gasteiger partial charge on any atom is -0.453 e. The predicted octanol–water partition coefficient (Wildman–Crippen LogP) is 8.29. The van der Waals surface area contributed by atoms with Crippen LogP contribution < -0.4 is 9.46 Å². The molecule has 5 nitrogen and oxygen atoms in total. The third-order valence-electron chi connectivity index (χ3n) is 4.34. The summed E-state index contributed by atoms with van der Waals surface area (Å²) in [5.41, 5.74) is 1.60. The van der Waals surface area contributed by atoms with E-state index in [9.17, 15) is 8.42 Å². The number of nitrogens with zero attached hydrogens (tertiary/aromatic N) is 1. The summed E-state index contributed by atoms with van der Waals surface area (Å²) in [6.45, 7) is 3.36. The topological polar surface area (TPSA) is 68.3 Å². The number of anilines is 1. The molecule has 0 saturated heterocycles. The molecular formula is C24H20Cl4N2O3S. The number of sulfonamides is 1. The Labute approximate surface area is 218 Å². The van der Waals surface area contributed by atoms with Crippen molar-refractivity contribution < 1.29 is 13.2 Å². The summed E-state index contributed by atoms with van der Waals surface area (Å²) < 4.78 is 33.5. The van der Waals surface area contributed by atoms with Crippen molar-refractivity contribution in [1.29, 1.82) is 0 Å². The molecule has 0 radical (unpaired) electrons. The van der Waals surface area contributed by atoms with Gasteiger partial charge in [0.15, 0.2) is 5.75 Å². The Hall–Kier alpha value is -2.22. The maximum atomic E-state index is 12.6. The van der Waals surface area contributed by atoms with Crippen LogP contribution in [-0.2, 0) is 10.0 Å². The van der Waals surface area contributed by atoms with Gasteiger partial charge in [0.05, 0.1) is 33.2 Å². The van der Waals surface area contributed by atoms with Crippen LogP contribution in [0.4, 0.5) is 5.69 Å². The summed E-state index contributed by atoms with van der Waals surface area (Å²) in [5.74, 6) is 0.386. The summed E-state index contributed by atoms with van der Waals surface area (Å²) in [7, 11) is -3.73. The maximum Gasteiger partial charge on any atom is 0.236 e. The van der Waals surface area contributed by atoms with Gasteiger partial charge in [-0.3, -0.25) is 9.71 Å². The molecule has 0 fully saturated rings. The second-order valence-corrected chi connectivity index (χ2v) is 11.0. The first kappa shape index (κ1) is 26.4. The average molecular weight is 558 g/mol. The molecule has 0 spiro atoms. The van der Waals surface area contributed by atoms with Crippen LogP contribution in [0.1, 0.15) is 13.8 Å². The summed E-state index contributed by atoms with van der Waals surface area (Å²) in [6.07, 6.45) is 6.29. The number of allylic oxidation sites excluding steroid dienone is 5. The minimum absolute atomic E-state index is 0.142. The SMILES string of the molecule is C\C(Cl)=C/C(Cl)=C\C=C(/C)CS(=O)(=O)Nc1cc(Cl)c(Oc2cnc3ccccc3c2)c(Cl)c1. The lowest BCUT2D eigenvalue weighted by Crippen LogP contribution is -2.17. The van der Waals surface area contributed by atoms with Crippen LogP contribution in [0.5, 0.6) is 11.5 Å². The molecule has 0 amide bonds. The van der Waals surface area contributed by atoms with E-state index < -0.39 is 10.0 Å². The third-order valence-corrected chi connectivity index (χ3v) is 6.63. The van der Waals surface area contributed by atoms with Crippen molar-refractivity contribution in [3.63, 3.8) is 0 Å². The van der Waals surface area contributed by atoms with Gasteiger partial charge < -0.3 is 4.74 Å². The van der Waals surface area contributed by atoms with Crippen molar-refractivity contribution >= 4 is 73.0 Å². The van der Waals surface area contributed by atoms with E-state index in [-0.39, 0.29) is 27.2 Å². The number of nitrogens with one attached hydrogen (secondary N) is 1. The molecule has 3 aromatic rings. The zero-order valence-corrected chi connectivity index (χ0v) is 22.0. The number of benzene rings is 2. The molecule has 0 unspecified atom stereocenters. The summed E-state index contributed by atoms with van der Waals surface area (Å²) >= 11 is 24.5. The molecule has 1 heterocycles. The third kappa shape index (κ3) is 7.65. The number of halogens is 4. The minimum atomic E-state index is -3.73. The molecule has 0 bridgehead atoms. The van der Waals surface area contributed by atoms with Gasteiger partial charge in [-0.25, -0.2) is 8.42 Å². The quantitative estimate of drug-likeness (QED) is 0.283. The van der Waals surface area contributed by atoms with Gasteiger partial charge in [-0.2, -0.15) is 0 Å². The van der Waals surface area contributed by atoms with Crippen LogP contribution in [0.3, 0.4) is 0 Å². The summed E-state index contributed by atoms with van der Waals surface area (Å²) in [4.78, 5) is 4.34. The zero-order chi connectivity index (χ0) is 24.9. The number of fused-ring (bicyclic) bond motifs is 1. The Bertz CT molecular complexity index is 1390. The number of aromatic nitrogens is 1. The van der Waals surface area contributed by atoms with Crippen LogP contribution in [0.2, 0.25) is 10.0 Å². The van der Waals surface area contributed by atoms with Crippen LogP contribution in [0.15, 0.2) is 82.5 Å². The van der Waals surface area contributed by atoms with Crippen LogP contribution in [0.25, 0.3) is 10.9 Å². The summed E-state index contributed by atoms with van der Waals surface area (Å²) in [6, 6.07) is 12.3. The fourth-order valence-corrected chi connectivity index (χ4v) is 5.17. The molecule has 0 aliphatic heterocycles. The van der Waals surface area contributed by atoms with E-state index >= 15 is 0 Å². The van der Waals surface area contributed by atoms with Crippen molar-refractivity contribution in [1.82, 2.24) is 4.98 Å². The van der Waals surface area contributed by atoms with Crippen molar-refractivity contribution in [3.8, 4) is 11.5 Å². The van der Waals surface area contributed by atoms with Gasteiger partial charge >= 0.3 is 0 Å². The Morgan fingerprint density at radius 2 is 1.74 bits per heavy atom. The number of hydrogen-bond donors (Lipinski definition) is 1. The normalized spacial score (nSPS) is 13.3. The second kappa shape index (κ2) is 11.5. The van der Waals surface area contributed by atoms with Crippen molar-refractivity contribution in [2.24, 2.45) is 0 Å². The molecule has 0 aliphatic rings. The number of rotatable bonds is 8. The molecule has 0 aliphatic carbocycles. The van der Waals surface area contributed by atoms with Crippen LogP contribution in [-0.4, -0.2) is 19.2 Å². The van der Waals surface area contributed by atoms with Gasteiger partial charge in [0.1, 0.15) is 5.75 Å². The first-order chi connectivity index (χ1) is 16.0. The van der Waals surface area contributed by atoms with Crippen molar-refractivity contribution in [2.45, 2.75) is 13.8 Å². The maximum absolute atomic E-state index is 12.6. The molecule has 178 valence electrons. The number of para-hydroxylation sites is 1. The molecule has 0 saturated carbocycles. The fraction of sp³-hybridized carbons (Fsp3) is 0.125. The standard InChI is InChI=1S/C24H20Cl4N2O3S/c1-15(7-8-18(26)9-16(2)25)14-34(31,32)30-19-11-21(27)24(22(28)12-19)33-20-10-17-5-3-4-6-23(17)29-13-20/h3-13,30H,14H2,1-2H3/b15-7+,16-9+,18-8+. The lowest BCUT2D eigenvalue weighted by molar-refractivity contribution is 0.482. The Balaban J connectivity index is 1.75. The lowest BCUT2D eigenvalue weighted by Gasteiger charge is -2.13. The highest BCUT2D eigenvalue weighted by Gasteiger charge is 2.16. The largest absolute Gasteiger partial charge is 0.453 e. The monoisotopic (exact) mass is 556 g/mol. The zero-order valence-electron chi connectivity index (χ0n) is 18.2. The second-order valence-electron chi connectivity index (χ2n) is 7.39. The van der Waals surface area contributed by atoms with E-state index in [1.165, 1.54) is 12.1 Å². The van der Waals surface area contributed by atoms with Crippen molar-refractivity contribution in [3.05, 3.63) is 92.6 Å². The highest BCUT2D eigenvalue weighted by Crippen LogP contribution is 2.39.